The van der Waals surface area contributed by atoms with Gasteiger partial charge in [-0.2, -0.15) is 13.2 Å². The number of rotatable bonds is 3. The second-order valence-corrected chi connectivity index (χ2v) is 4.71. The molecule has 0 aromatic carbocycles. The van der Waals surface area contributed by atoms with Crippen LogP contribution in [0.2, 0.25) is 0 Å². The highest BCUT2D eigenvalue weighted by atomic mass is 19.4. The summed E-state index contributed by atoms with van der Waals surface area (Å²) < 4.78 is 42.5. The second kappa shape index (κ2) is 4.36. The van der Waals surface area contributed by atoms with Crippen molar-refractivity contribution >= 4 is 0 Å². The minimum atomic E-state index is -4.42. The van der Waals surface area contributed by atoms with Crippen molar-refractivity contribution in [3.63, 3.8) is 0 Å². The third-order valence-corrected chi connectivity index (χ3v) is 3.14. The lowest BCUT2D eigenvalue weighted by Crippen LogP contribution is -2.07. The first-order valence-corrected chi connectivity index (χ1v) is 6.00. The molecule has 3 rings (SSSR count). The molecule has 0 spiro atoms. The average Bonchev–Trinajstić information content (AvgIpc) is 3.05. The van der Waals surface area contributed by atoms with Gasteiger partial charge in [-0.05, 0) is 37.3 Å². The number of pyridine rings is 1. The van der Waals surface area contributed by atoms with E-state index in [1.54, 1.807) is 0 Å². The molecular formula is C13H11F3N2O. The summed E-state index contributed by atoms with van der Waals surface area (Å²) in [5.74, 6) is 1.15. The van der Waals surface area contributed by atoms with Crippen molar-refractivity contribution in [2.45, 2.75) is 25.4 Å². The maximum absolute atomic E-state index is 12.4. The van der Waals surface area contributed by atoms with E-state index >= 15 is 0 Å². The van der Waals surface area contributed by atoms with E-state index in [1.807, 2.05) is 0 Å². The number of nitrogens with zero attached hydrogens (tertiary/aromatic N) is 2. The van der Waals surface area contributed by atoms with Gasteiger partial charge < -0.3 is 4.42 Å². The summed E-state index contributed by atoms with van der Waals surface area (Å²) in [6, 6.07) is 2.32. The van der Waals surface area contributed by atoms with E-state index in [1.165, 1.54) is 31.5 Å². The number of hydrogen-bond donors (Lipinski definition) is 0. The molecule has 2 aromatic rings. The molecule has 0 saturated heterocycles. The van der Waals surface area contributed by atoms with Crippen LogP contribution in [0.25, 0.3) is 11.3 Å². The van der Waals surface area contributed by atoms with Gasteiger partial charge in [-0.3, -0.25) is 4.98 Å². The minimum Gasteiger partial charge on any atom is -0.443 e. The molecule has 0 amide bonds. The summed E-state index contributed by atoms with van der Waals surface area (Å²) in [5, 5.41) is 0. The van der Waals surface area contributed by atoms with E-state index in [-0.39, 0.29) is 0 Å². The van der Waals surface area contributed by atoms with E-state index in [0.29, 0.717) is 17.2 Å². The first kappa shape index (κ1) is 12.2. The summed E-state index contributed by atoms with van der Waals surface area (Å²) in [6.07, 6.45) is 1.25. The summed E-state index contributed by atoms with van der Waals surface area (Å²) in [6.45, 7) is 0. The van der Waals surface area contributed by atoms with E-state index < -0.39 is 11.9 Å². The predicted octanol–water partition coefficient (Wildman–Crippen LogP) is 3.71. The normalized spacial score (nSPS) is 15.7. The zero-order chi connectivity index (χ0) is 13.5. The molecule has 100 valence electrons. The second-order valence-electron chi connectivity index (χ2n) is 4.71. The molecule has 2 aromatic heterocycles. The van der Waals surface area contributed by atoms with Crippen LogP contribution in [-0.2, 0) is 12.6 Å². The van der Waals surface area contributed by atoms with Crippen LogP contribution < -0.4 is 0 Å². The van der Waals surface area contributed by atoms with E-state index in [4.69, 9.17) is 4.42 Å². The van der Waals surface area contributed by atoms with Gasteiger partial charge in [0.15, 0.2) is 12.2 Å². The fraction of sp³-hybridized carbons (Fsp3) is 0.385. The first-order chi connectivity index (χ1) is 9.04. The number of aromatic nitrogens is 2. The number of hydrogen-bond acceptors (Lipinski definition) is 3. The Morgan fingerprint density at radius 2 is 2.00 bits per heavy atom. The van der Waals surface area contributed by atoms with Crippen LogP contribution in [0.5, 0.6) is 0 Å². The number of alkyl halides is 3. The Hall–Kier alpha value is -1.85. The molecule has 0 bridgehead atoms. The molecule has 6 heteroatoms. The van der Waals surface area contributed by atoms with Crippen LogP contribution in [0.4, 0.5) is 13.2 Å². The maximum Gasteiger partial charge on any atom is 0.433 e. The highest BCUT2D eigenvalue weighted by molar-refractivity contribution is 5.58. The molecule has 0 radical (unpaired) electrons. The molecule has 0 unspecified atom stereocenters. The Morgan fingerprint density at radius 3 is 2.58 bits per heavy atom. The Balaban J connectivity index is 1.87. The lowest BCUT2D eigenvalue weighted by molar-refractivity contribution is -0.141. The van der Waals surface area contributed by atoms with Gasteiger partial charge in [-0.1, -0.05) is 0 Å². The zero-order valence-electron chi connectivity index (χ0n) is 9.94. The van der Waals surface area contributed by atoms with Crippen LogP contribution in [0.1, 0.15) is 24.2 Å². The number of halogens is 3. The smallest absolute Gasteiger partial charge is 0.433 e. The molecule has 19 heavy (non-hydrogen) atoms. The Morgan fingerprint density at radius 1 is 1.21 bits per heavy atom. The van der Waals surface area contributed by atoms with Crippen molar-refractivity contribution in [2.24, 2.45) is 5.92 Å². The average molecular weight is 268 g/mol. The lowest BCUT2D eigenvalue weighted by atomic mass is 10.1. The summed E-state index contributed by atoms with van der Waals surface area (Å²) >= 11 is 0. The van der Waals surface area contributed by atoms with Crippen molar-refractivity contribution in [2.75, 3.05) is 0 Å². The monoisotopic (exact) mass is 268 g/mol. The fourth-order valence-electron chi connectivity index (χ4n) is 1.94. The highest BCUT2D eigenvalue weighted by Crippen LogP contribution is 2.35. The largest absolute Gasteiger partial charge is 0.443 e. The SMILES string of the molecule is FC(F)(F)c1ccc(-c2ocnc2CC2CC2)cn1. The van der Waals surface area contributed by atoms with Gasteiger partial charge in [0.05, 0.1) is 5.69 Å². The van der Waals surface area contributed by atoms with Gasteiger partial charge in [0, 0.05) is 11.8 Å². The van der Waals surface area contributed by atoms with Gasteiger partial charge in [0.2, 0.25) is 0 Å². The minimum absolute atomic E-state index is 0.521. The van der Waals surface area contributed by atoms with Gasteiger partial charge in [-0.25, -0.2) is 4.98 Å². The summed E-state index contributed by atoms with van der Waals surface area (Å²) in [7, 11) is 0. The van der Waals surface area contributed by atoms with Crippen molar-refractivity contribution in [3.05, 3.63) is 36.1 Å². The standard InChI is InChI=1S/C13H11F3N2O/c14-13(15,16)11-4-3-9(6-17-11)12-10(18-7-19-12)5-8-1-2-8/h3-4,6-8H,1-2,5H2. The van der Waals surface area contributed by atoms with Crippen LogP contribution in [0, 0.1) is 5.92 Å². The van der Waals surface area contributed by atoms with Gasteiger partial charge >= 0.3 is 6.18 Å². The Kier molecular flexibility index (Phi) is 2.80. The lowest BCUT2D eigenvalue weighted by Gasteiger charge is -2.06. The molecule has 3 nitrogen and oxygen atoms in total. The molecule has 1 fully saturated rings. The Labute approximate surface area is 107 Å². The van der Waals surface area contributed by atoms with Gasteiger partial charge in [0.25, 0.3) is 0 Å². The molecule has 0 N–H and O–H groups in total. The molecule has 1 aliphatic rings. The van der Waals surface area contributed by atoms with Crippen molar-refractivity contribution < 1.29 is 17.6 Å². The van der Waals surface area contributed by atoms with Crippen LogP contribution >= 0.6 is 0 Å². The van der Waals surface area contributed by atoms with Crippen LogP contribution in [0.3, 0.4) is 0 Å². The number of oxazole rings is 1. The first-order valence-electron chi connectivity index (χ1n) is 6.00. The van der Waals surface area contributed by atoms with E-state index in [0.717, 1.165) is 18.2 Å². The molecule has 1 aliphatic carbocycles. The maximum atomic E-state index is 12.4. The molecular weight excluding hydrogens is 257 g/mol. The molecule has 0 atom stereocenters. The third-order valence-electron chi connectivity index (χ3n) is 3.14. The molecule has 0 aliphatic heterocycles. The Bertz CT molecular complexity index is 570. The van der Waals surface area contributed by atoms with Crippen LogP contribution in [0.15, 0.2) is 29.1 Å². The van der Waals surface area contributed by atoms with Crippen molar-refractivity contribution in [3.8, 4) is 11.3 Å². The summed E-state index contributed by atoms with van der Waals surface area (Å²) in [4.78, 5) is 7.56. The van der Waals surface area contributed by atoms with Gasteiger partial charge in [0.1, 0.15) is 5.69 Å². The third kappa shape index (κ3) is 2.62. The fourth-order valence-corrected chi connectivity index (χ4v) is 1.94. The zero-order valence-corrected chi connectivity index (χ0v) is 9.94. The van der Waals surface area contributed by atoms with Crippen LogP contribution in [-0.4, -0.2) is 9.97 Å². The molecule has 1 saturated carbocycles. The predicted molar refractivity (Wildman–Crippen MR) is 61.2 cm³/mol. The quantitative estimate of drug-likeness (QED) is 0.851. The van der Waals surface area contributed by atoms with E-state index in [9.17, 15) is 13.2 Å². The summed E-state index contributed by atoms with van der Waals surface area (Å²) in [5.41, 5.74) is 0.421. The highest BCUT2D eigenvalue weighted by Gasteiger charge is 2.32. The molecule has 2 heterocycles. The van der Waals surface area contributed by atoms with Gasteiger partial charge in [-0.15, -0.1) is 0 Å². The van der Waals surface area contributed by atoms with E-state index in [2.05, 4.69) is 9.97 Å². The van der Waals surface area contributed by atoms with Crippen molar-refractivity contribution in [1.29, 1.82) is 0 Å². The van der Waals surface area contributed by atoms with Crippen molar-refractivity contribution in [1.82, 2.24) is 9.97 Å². The topological polar surface area (TPSA) is 38.9 Å².